The second-order valence-corrected chi connectivity index (χ2v) is 6.41. The number of ether oxygens (including phenoxy) is 2. The number of pyridine rings is 1. The van der Waals surface area contributed by atoms with Gasteiger partial charge >= 0.3 is 0 Å². The van der Waals surface area contributed by atoms with Crippen molar-refractivity contribution in [2.24, 2.45) is 0 Å². The number of hydrazine groups is 1. The monoisotopic (exact) mass is 417 g/mol. The highest BCUT2D eigenvalue weighted by atomic mass is 16.5. The lowest BCUT2D eigenvalue weighted by molar-refractivity contribution is -0.117. The van der Waals surface area contributed by atoms with Gasteiger partial charge < -0.3 is 9.47 Å². The summed E-state index contributed by atoms with van der Waals surface area (Å²) in [4.78, 5) is 28.2. The van der Waals surface area contributed by atoms with Crippen molar-refractivity contribution in [1.82, 2.24) is 15.8 Å². The summed E-state index contributed by atoms with van der Waals surface area (Å²) < 4.78 is 11.0. The maximum Gasteiger partial charge on any atom is 0.269 e. The molecule has 7 nitrogen and oxygen atoms in total. The molecule has 0 unspecified atom stereocenters. The zero-order chi connectivity index (χ0) is 21.9. The largest absolute Gasteiger partial charge is 0.494 e. The van der Waals surface area contributed by atoms with Gasteiger partial charge in [-0.15, -0.1) is 0 Å². The predicted molar refractivity (Wildman–Crippen MR) is 117 cm³/mol. The van der Waals surface area contributed by atoms with Crippen LogP contribution in [-0.2, 0) is 11.4 Å². The number of hydrogen-bond donors (Lipinski definition) is 2. The first kappa shape index (κ1) is 21.6. The lowest BCUT2D eigenvalue weighted by Crippen LogP contribution is -2.40. The van der Waals surface area contributed by atoms with Gasteiger partial charge in [-0.25, -0.2) is 0 Å². The van der Waals surface area contributed by atoms with E-state index in [2.05, 4.69) is 15.8 Å². The van der Waals surface area contributed by atoms with Crippen LogP contribution in [0.25, 0.3) is 6.08 Å². The fraction of sp³-hybridized carbons (Fsp3) is 0.125. The second-order valence-electron chi connectivity index (χ2n) is 6.41. The third-order valence-electron chi connectivity index (χ3n) is 4.15. The zero-order valence-electron chi connectivity index (χ0n) is 17.1. The van der Waals surface area contributed by atoms with Gasteiger partial charge in [0.2, 0.25) is 0 Å². The Kier molecular flexibility index (Phi) is 7.77. The lowest BCUT2D eigenvalue weighted by atomic mass is 10.2. The summed E-state index contributed by atoms with van der Waals surface area (Å²) >= 11 is 0. The van der Waals surface area contributed by atoms with Crippen molar-refractivity contribution in [2.75, 3.05) is 6.61 Å². The van der Waals surface area contributed by atoms with Gasteiger partial charge in [0.25, 0.3) is 11.8 Å². The van der Waals surface area contributed by atoms with Crippen molar-refractivity contribution in [3.63, 3.8) is 0 Å². The molecule has 0 atom stereocenters. The molecule has 2 amide bonds. The van der Waals surface area contributed by atoms with Crippen LogP contribution in [0, 0.1) is 0 Å². The molecule has 0 radical (unpaired) electrons. The van der Waals surface area contributed by atoms with Crippen LogP contribution in [0.4, 0.5) is 0 Å². The Labute approximate surface area is 180 Å². The summed E-state index contributed by atoms with van der Waals surface area (Å²) in [6.07, 6.45) is 4.70. The fourth-order valence-corrected chi connectivity index (χ4v) is 2.59. The zero-order valence-corrected chi connectivity index (χ0v) is 17.1. The van der Waals surface area contributed by atoms with Crippen molar-refractivity contribution in [2.45, 2.75) is 13.5 Å². The summed E-state index contributed by atoms with van der Waals surface area (Å²) in [7, 11) is 0. The molecule has 0 fully saturated rings. The van der Waals surface area contributed by atoms with Gasteiger partial charge in [0.05, 0.1) is 12.3 Å². The second kappa shape index (κ2) is 11.2. The van der Waals surface area contributed by atoms with Crippen LogP contribution < -0.4 is 20.3 Å². The Morgan fingerprint density at radius 2 is 1.61 bits per heavy atom. The number of amides is 2. The quantitative estimate of drug-likeness (QED) is 0.432. The summed E-state index contributed by atoms with van der Waals surface area (Å²) in [5, 5.41) is 0. The van der Waals surface area contributed by atoms with E-state index < -0.39 is 11.8 Å². The molecule has 0 saturated carbocycles. The number of benzene rings is 2. The van der Waals surface area contributed by atoms with Gasteiger partial charge in [-0.2, -0.15) is 0 Å². The maximum atomic E-state index is 12.1. The smallest absolute Gasteiger partial charge is 0.269 e. The van der Waals surface area contributed by atoms with Crippen molar-refractivity contribution in [3.8, 4) is 11.5 Å². The molecule has 1 aromatic heterocycles. The van der Waals surface area contributed by atoms with Gasteiger partial charge in [-0.05, 0) is 67.1 Å². The molecule has 2 N–H and O–H groups in total. The Morgan fingerprint density at radius 1 is 0.903 bits per heavy atom. The molecule has 7 heteroatoms. The Balaban J connectivity index is 1.44. The molecule has 0 aliphatic heterocycles. The van der Waals surface area contributed by atoms with E-state index in [1.165, 1.54) is 6.08 Å². The highest BCUT2D eigenvalue weighted by Crippen LogP contribution is 2.15. The normalized spacial score (nSPS) is 10.5. The van der Waals surface area contributed by atoms with Crippen LogP contribution in [-0.4, -0.2) is 23.4 Å². The topological polar surface area (TPSA) is 89.6 Å². The van der Waals surface area contributed by atoms with Crippen LogP contribution in [0.5, 0.6) is 11.5 Å². The summed E-state index contributed by atoms with van der Waals surface area (Å²) in [5.74, 6) is 0.517. The Morgan fingerprint density at radius 3 is 2.29 bits per heavy atom. The van der Waals surface area contributed by atoms with Gasteiger partial charge in [-0.3, -0.25) is 25.4 Å². The van der Waals surface area contributed by atoms with E-state index in [0.717, 1.165) is 11.3 Å². The first-order valence-corrected chi connectivity index (χ1v) is 9.78. The summed E-state index contributed by atoms with van der Waals surface area (Å²) in [6.45, 7) is 2.82. The molecule has 0 saturated heterocycles. The molecular formula is C24H23N3O4. The van der Waals surface area contributed by atoms with E-state index in [-0.39, 0.29) is 0 Å². The molecule has 3 rings (SSSR count). The van der Waals surface area contributed by atoms with Crippen LogP contribution in [0.2, 0.25) is 0 Å². The average molecular weight is 417 g/mol. The minimum Gasteiger partial charge on any atom is -0.494 e. The summed E-state index contributed by atoms with van der Waals surface area (Å²) in [5.41, 5.74) is 6.80. The van der Waals surface area contributed by atoms with Crippen LogP contribution in [0.1, 0.15) is 28.5 Å². The molecule has 3 aromatic rings. The molecule has 0 spiro atoms. The lowest BCUT2D eigenvalue weighted by Gasteiger charge is -2.07. The van der Waals surface area contributed by atoms with E-state index in [0.29, 0.717) is 30.3 Å². The number of nitrogens with zero attached hydrogens (tertiary/aromatic N) is 1. The van der Waals surface area contributed by atoms with Crippen LogP contribution in [0.3, 0.4) is 0 Å². The highest BCUT2D eigenvalue weighted by molar-refractivity contribution is 5.97. The van der Waals surface area contributed by atoms with E-state index in [1.54, 1.807) is 36.5 Å². The maximum absolute atomic E-state index is 12.1. The van der Waals surface area contributed by atoms with E-state index in [4.69, 9.17) is 9.47 Å². The molecule has 0 bridgehead atoms. The van der Waals surface area contributed by atoms with Crippen LogP contribution in [0.15, 0.2) is 79.0 Å². The third kappa shape index (κ3) is 7.01. The van der Waals surface area contributed by atoms with E-state index >= 15 is 0 Å². The first-order chi connectivity index (χ1) is 15.1. The number of carbonyl (C=O) groups is 2. The van der Waals surface area contributed by atoms with E-state index in [1.807, 2.05) is 49.4 Å². The van der Waals surface area contributed by atoms with Gasteiger partial charge in [-0.1, -0.05) is 18.2 Å². The molecule has 31 heavy (non-hydrogen) atoms. The van der Waals surface area contributed by atoms with Crippen molar-refractivity contribution in [3.05, 3.63) is 95.8 Å². The average Bonchev–Trinajstić information content (AvgIpc) is 2.82. The van der Waals surface area contributed by atoms with Crippen molar-refractivity contribution < 1.29 is 19.1 Å². The number of aromatic nitrogens is 1. The number of nitrogens with one attached hydrogen (secondary N) is 2. The van der Waals surface area contributed by atoms with E-state index in [9.17, 15) is 9.59 Å². The predicted octanol–water partition coefficient (Wildman–Crippen LogP) is 3.53. The van der Waals surface area contributed by atoms with Gasteiger partial charge in [0.15, 0.2) is 0 Å². The molecule has 0 aliphatic rings. The molecule has 0 aliphatic carbocycles. The van der Waals surface area contributed by atoms with Gasteiger partial charge in [0.1, 0.15) is 18.1 Å². The summed E-state index contributed by atoms with van der Waals surface area (Å²) in [6, 6.07) is 19.6. The first-order valence-electron chi connectivity index (χ1n) is 9.78. The highest BCUT2D eigenvalue weighted by Gasteiger charge is 2.06. The third-order valence-corrected chi connectivity index (χ3v) is 4.15. The van der Waals surface area contributed by atoms with Crippen molar-refractivity contribution in [1.29, 1.82) is 0 Å². The minimum absolute atomic E-state index is 0.381. The Bertz CT molecular complexity index is 1020. The number of rotatable bonds is 8. The van der Waals surface area contributed by atoms with Crippen LogP contribution >= 0.6 is 0 Å². The molecular weight excluding hydrogens is 394 g/mol. The number of carbonyl (C=O) groups excluding carboxylic acids is 2. The van der Waals surface area contributed by atoms with Crippen molar-refractivity contribution >= 4 is 17.9 Å². The molecule has 2 aromatic carbocycles. The fourth-order valence-electron chi connectivity index (χ4n) is 2.59. The Hall–Kier alpha value is -4.13. The number of hydrogen-bond acceptors (Lipinski definition) is 5. The molecule has 1 heterocycles. The SMILES string of the molecule is CCOc1ccc(C(=O)NNC(=O)/C=C/c2ccc(OCc3ccccn3)cc2)cc1. The van der Waals surface area contributed by atoms with Gasteiger partial charge in [0, 0.05) is 17.8 Å². The molecule has 158 valence electrons. The standard InChI is InChI=1S/C24H23N3O4/c1-2-30-21-13-9-19(10-14-21)24(29)27-26-23(28)15-8-18-6-11-22(12-7-18)31-17-20-5-3-4-16-25-20/h3-16H,2,17H2,1H3,(H,26,28)(H,27,29)/b15-8+. The minimum atomic E-state index is -0.449.